The van der Waals surface area contributed by atoms with Crippen LogP contribution in [0.3, 0.4) is 0 Å². The first-order valence-electron chi connectivity index (χ1n) is 4.31. The van der Waals surface area contributed by atoms with Gasteiger partial charge in [0.05, 0.1) is 0 Å². The van der Waals surface area contributed by atoms with Gasteiger partial charge in [-0.15, -0.1) is 11.3 Å². The van der Waals surface area contributed by atoms with E-state index in [1.54, 1.807) is 5.56 Å². The minimum Gasteiger partial charge on any atom is -0.145 e. The van der Waals surface area contributed by atoms with Crippen LogP contribution >= 0.6 is 27.3 Å². The Bertz CT molecular complexity index is 297. The van der Waals surface area contributed by atoms with Crippen LogP contribution in [0, 0.1) is 6.92 Å². The van der Waals surface area contributed by atoms with E-state index >= 15 is 0 Å². The van der Waals surface area contributed by atoms with Crippen molar-refractivity contribution in [3.8, 4) is 0 Å². The Morgan fingerprint density at radius 3 is 2.75 bits per heavy atom. The predicted octanol–water partition coefficient (Wildman–Crippen LogP) is 4.00. The SMILES string of the molecule is Cc1cc(C2(C)CC2)c(CBr)s1. The summed E-state index contributed by atoms with van der Waals surface area (Å²) in [5.41, 5.74) is 2.13. The number of alkyl halides is 1. The van der Waals surface area contributed by atoms with E-state index in [-0.39, 0.29) is 0 Å². The number of hydrogen-bond acceptors (Lipinski definition) is 1. The molecule has 12 heavy (non-hydrogen) atoms. The van der Waals surface area contributed by atoms with Crippen molar-refractivity contribution in [2.45, 2.75) is 37.4 Å². The van der Waals surface area contributed by atoms with Crippen LogP contribution in [0.15, 0.2) is 6.07 Å². The molecule has 0 spiro atoms. The summed E-state index contributed by atoms with van der Waals surface area (Å²) in [6.45, 7) is 4.58. The van der Waals surface area contributed by atoms with E-state index in [0.29, 0.717) is 5.41 Å². The van der Waals surface area contributed by atoms with E-state index in [0.717, 1.165) is 5.33 Å². The van der Waals surface area contributed by atoms with Crippen molar-refractivity contribution in [3.63, 3.8) is 0 Å². The van der Waals surface area contributed by atoms with Crippen molar-refractivity contribution in [2.75, 3.05) is 0 Å². The van der Waals surface area contributed by atoms with Crippen molar-refractivity contribution in [1.82, 2.24) is 0 Å². The molecule has 2 heteroatoms. The number of aryl methyl sites for hydroxylation is 1. The van der Waals surface area contributed by atoms with Gasteiger partial charge in [-0.2, -0.15) is 0 Å². The lowest BCUT2D eigenvalue weighted by Crippen LogP contribution is -1.99. The predicted molar refractivity (Wildman–Crippen MR) is 58.3 cm³/mol. The molecule has 0 aliphatic heterocycles. The van der Waals surface area contributed by atoms with Gasteiger partial charge in [-0.05, 0) is 36.8 Å². The normalized spacial score (nSPS) is 19.6. The molecule has 0 atom stereocenters. The molecule has 1 fully saturated rings. The van der Waals surface area contributed by atoms with Crippen LogP contribution in [0.25, 0.3) is 0 Å². The third kappa shape index (κ3) is 1.35. The molecule has 0 nitrogen and oxygen atoms in total. The first-order chi connectivity index (χ1) is 5.65. The first-order valence-corrected chi connectivity index (χ1v) is 6.25. The van der Waals surface area contributed by atoms with Crippen LogP contribution in [0.1, 0.15) is 35.1 Å². The Hall–Kier alpha value is 0.180. The highest BCUT2D eigenvalue weighted by Crippen LogP contribution is 2.50. The average Bonchev–Trinajstić information content (AvgIpc) is 2.64. The van der Waals surface area contributed by atoms with E-state index in [4.69, 9.17) is 0 Å². The lowest BCUT2D eigenvalue weighted by molar-refractivity contribution is 0.785. The molecular formula is C10H13BrS. The molecule has 2 rings (SSSR count). The molecule has 0 radical (unpaired) electrons. The van der Waals surface area contributed by atoms with Gasteiger partial charge in [0.15, 0.2) is 0 Å². The van der Waals surface area contributed by atoms with Gasteiger partial charge in [0.1, 0.15) is 0 Å². The molecule has 1 aromatic heterocycles. The molecule has 1 aliphatic rings. The van der Waals surface area contributed by atoms with Crippen LogP contribution in [0.4, 0.5) is 0 Å². The summed E-state index contributed by atoms with van der Waals surface area (Å²) in [7, 11) is 0. The zero-order chi connectivity index (χ0) is 8.77. The van der Waals surface area contributed by atoms with Gasteiger partial charge in [0, 0.05) is 15.1 Å². The lowest BCUT2D eigenvalue weighted by Gasteiger charge is -2.07. The van der Waals surface area contributed by atoms with Crippen LogP contribution < -0.4 is 0 Å². The highest BCUT2D eigenvalue weighted by Gasteiger charge is 2.41. The second kappa shape index (κ2) is 2.85. The Morgan fingerprint density at radius 1 is 1.58 bits per heavy atom. The number of halogens is 1. The molecule has 1 saturated carbocycles. The Balaban J connectivity index is 2.41. The minimum atomic E-state index is 0.536. The summed E-state index contributed by atoms with van der Waals surface area (Å²) in [6.07, 6.45) is 2.76. The van der Waals surface area contributed by atoms with Crippen molar-refractivity contribution >= 4 is 27.3 Å². The molecule has 0 N–H and O–H groups in total. The topological polar surface area (TPSA) is 0 Å². The molecule has 1 heterocycles. The highest BCUT2D eigenvalue weighted by molar-refractivity contribution is 9.08. The fourth-order valence-electron chi connectivity index (χ4n) is 1.63. The molecule has 0 saturated heterocycles. The van der Waals surface area contributed by atoms with Gasteiger partial charge in [0.2, 0.25) is 0 Å². The van der Waals surface area contributed by atoms with Gasteiger partial charge in [-0.1, -0.05) is 22.9 Å². The summed E-state index contributed by atoms with van der Waals surface area (Å²) in [5.74, 6) is 0. The van der Waals surface area contributed by atoms with Crippen molar-refractivity contribution in [1.29, 1.82) is 0 Å². The summed E-state index contributed by atoms with van der Waals surface area (Å²) >= 11 is 5.49. The maximum absolute atomic E-state index is 3.55. The second-order valence-electron chi connectivity index (χ2n) is 3.89. The number of hydrogen-bond donors (Lipinski definition) is 0. The smallest absolute Gasteiger partial charge is 0.0380 e. The molecule has 0 amide bonds. The van der Waals surface area contributed by atoms with Crippen LogP contribution in [0.2, 0.25) is 0 Å². The van der Waals surface area contributed by atoms with Crippen molar-refractivity contribution < 1.29 is 0 Å². The van der Waals surface area contributed by atoms with Gasteiger partial charge >= 0.3 is 0 Å². The lowest BCUT2D eigenvalue weighted by atomic mass is 9.99. The molecule has 0 unspecified atom stereocenters. The van der Waals surface area contributed by atoms with Crippen LogP contribution in [0.5, 0.6) is 0 Å². The third-order valence-electron chi connectivity index (χ3n) is 2.70. The first kappa shape index (κ1) is 8.76. The van der Waals surface area contributed by atoms with Gasteiger partial charge in [-0.3, -0.25) is 0 Å². The molecule has 66 valence electrons. The maximum atomic E-state index is 3.55. The number of thiophene rings is 1. The van der Waals surface area contributed by atoms with Gasteiger partial charge < -0.3 is 0 Å². The van der Waals surface area contributed by atoms with Crippen LogP contribution in [-0.2, 0) is 10.7 Å². The summed E-state index contributed by atoms with van der Waals surface area (Å²) in [6, 6.07) is 2.37. The zero-order valence-electron chi connectivity index (χ0n) is 7.48. The van der Waals surface area contributed by atoms with Gasteiger partial charge in [0.25, 0.3) is 0 Å². The quantitative estimate of drug-likeness (QED) is 0.691. The summed E-state index contributed by atoms with van der Waals surface area (Å²) in [5, 5.41) is 1.02. The van der Waals surface area contributed by atoms with E-state index in [9.17, 15) is 0 Å². The summed E-state index contributed by atoms with van der Waals surface area (Å²) in [4.78, 5) is 2.99. The Labute approximate surface area is 86.1 Å². The van der Waals surface area contributed by atoms with E-state index in [2.05, 4.69) is 35.8 Å². The average molecular weight is 245 g/mol. The van der Waals surface area contributed by atoms with Crippen molar-refractivity contribution in [2.24, 2.45) is 0 Å². The molecule has 0 bridgehead atoms. The van der Waals surface area contributed by atoms with Crippen LogP contribution in [-0.4, -0.2) is 0 Å². The Morgan fingerprint density at radius 2 is 2.25 bits per heavy atom. The molecule has 0 aromatic carbocycles. The maximum Gasteiger partial charge on any atom is 0.0380 e. The Kier molecular flexibility index (Phi) is 2.08. The fourth-order valence-corrected chi connectivity index (χ4v) is 3.31. The fraction of sp³-hybridized carbons (Fsp3) is 0.600. The van der Waals surface area contributed by atoms with Crippen molar-refractivity contribution in [3.05, 3.63) is 21.4 Å². The largest absolute Gasteiger partial charge is 0.145 e. The van der Waals surface area contributed by atoms with E-state index in [1.165, 1.54) is 22.6 Å². The number of rotatable bonds is 2. The highest BCUT2D eigenvalue weighted by atomic mass is 79.9. The monoisotopic (exact) mass is 244 g/mol. The van der Waals surface area contributed by atoms with Gasteiger partial charge in [-0.25, -0.2) is 0 Å². The standard InChI is InChI=1S/C10H13BrS/c1-7-5-8(9(6-11)12-7)10(2)3-4-10/h5H,3-4,6H2,1-2H3. The van der Waals surface area contributed by atoms with E-state index < -0.39 is 0 Å². The summed E-state index contributed by atoms with van der Waals surface area (Å²) < 4.78 is 0. The second-order valence-corrected chi connectivity index (χ2v) is 5.79. The zero-order valence-corrected chi connectivity index (χ0v) is 9.89. The molecule has 1 aromatic rings. The molecule has 1 aliphatic carbocycles. The molecular weight excluding hydrogens is 232 g/mol. The third-order valence-corrected chi connectivity index (χ3v) is 4.69. The minimum absolute atomic E-state index is 0.536. The van der Waals surface area contributed by atoms with E-state index in [1.807, 2.05) is 11.3 Å².